The smallest absolute Gasteiger partial charge is 0.0708 e. The molecule has 0 fully saturated rings. The van der Waals surface area contributed by atoms with Gasteiger partial charge in [-0.3, -0.25) is 9.97 Å². The fourth-order valence-electron chi connectivity index (χ4n) is 4.21. The van der Waals surface area contributed by atoms with E-state index in [-0.39, 0.29) is 0 Å². The highest BCUT2D eigenvalue weighted by Crippen LogP contribution is 2.36. The second-order valence-corrected chi connectivity index (χ2v) is 7.70. The summed E-state index contributed by atoms with van der Waals surface area (Å²) in [5, 5.41) is 2.61. The predicted octanol–water partition coefficient (Wildman–Crippen LogP) is 6.19. The zero-order valence-corrected chi connectivity index (χ0v) is 15.7. The van der Waals surface area contributed by atoms with Crippen LogP contribution in [0.5, 0.6) is 0 Å². The average molecular weight is 350 g/mol. The van der Waals surface area contributed by atoms with Gasteiger partial charge < -0.3 is 0 Å². The first-order valence-corrected chi connectivity index (χ1v) is 9.66. The molecule has 2 nitrogen and oxygen atoms in total. The standard InChI is InChI=1S/C25H22N2/c1-16(2)22-12-20(11-18-5-3-4-6-21(18)22)25-13-23-19(14-27-25)8-7-17-9-10-26-15-24(17)23/h3-6,9-16H,7-8H2,1-2H3. The second-order valence-electron chi connectivity index (χ2n) is 7.70. The number of fused-ring (bicyclic) bond motifs is 4. The molecule has 2 heteroatoms. The minimum absolute atomic E-state index is 0.470. The van der Waals surface area contributed by atoms with E-state index in [2.05, 4.69) is 73.6 Å². The highest BCUT2D eigenvalue weighted by molar-refractivity contribution is 5.91. The van der Waals surface area contributed by atoms with Crippen LogP contribution in [0.25, 0.3) is 33.2 Å². The Kier molecular flexibility index (Phi) is 3.78. The number of benzene rings is 2. The Morgan fingerprint density at radius 2 is 1.70 bits per heavy atom. The number of rotatable bonds is 2. The SMILES string of the molecule is CC(C)c1cc(-c2cc3c(cn2)CCc2ccncc2-3)cc2ccccc12. The summed E-state index contributed by atoms with van der Waals surface area (Å²) in [7, 11) is 0. The molecule has 4 aromatic rings. The third kappa shape index (κ3) is 2.73. The van der Waals surface area contributed by atoms with Crippen molar-refractivity contribution in [3.8, 4) is 22.4 Å². The summed E-state index contributed by atoms with van der Waals surface area (Å²) in [6.07, 6.45) is 8.07. The fourth-order valence-corrected chi connectivity index (χ4v) is 4.21. The van der Waals surface area contributed by atoms with Crippen molar-refractivity contribution < 1.29 is 0 Å². The Morgan fingerprint density at radius 1 is 0.852 bits per heavy atom. The molecule has 0 radical (unpaired) electrons. The van der Waals surface area contributed by atoms with Gasteiger partial charge in [-0.15, -0.1) is 0 Å². The first-order valence-electron chi connectivity index (χ1n) is 9.66. The van der Waals surface area contributed by atoms with Gasteiger partial charge in [0.1, 0.15) is 0 Å². The highest BCUT2D eigenvalue weighted by atomic mass is 14.7. The lowest BCUT2D eigenvalue weighted by Gasteiger charge is -2.20. The second kappa shape index (κ2) is 6.31. The summed E-state index contributed by atoms with van der Waals surface area (Å²) in [6.45, 7) is 4.52. The van der Waals surface area contributed by atoms with Crippen molar-refractivity contribution in [1.82, 2.24) is 9.97 Å². The fraction of sp³-hybridized carbons (Fsp3) is 0.200. The minimum Gasteiger partial charge on any atom is -0.264 e. The van der Waals surface area contributed by atoms with Crippen molar-refractivity contribution >= 4 is 10.8 Å². The molecular formula is C25H22N2. The van der Waals surface area contributed by atoms with E-state index in [0.717, 1.165) is 18.5 Å². The number of pyridine rings is 2. The molecule has 0 bridgehead atoms. The van der Waals surface area contributed by atoms with Crippen LogP contribution >= 0.6 is 0 Å². The van der Waals surface area contributed by atoms with Gasteiger partial charge in [0.25, 0.3) is 0 Å². The van der Waals surface area contributed by atoms with Gasteiger partial charge in [-0.2, -0.15) is 0 Å². The topological polar surface area (TPSA) is 25.8 Å². The molecule has 0 atom stereocenters. The number of aryl methyl sites for hydroxylation is 2. The van der Waals surface area contributed by atoms with Crippen molar-refractivity contribution in [3.63, 3.8) is 0 Å². The lowest BCUT2D eigenvalue weighted by molar-refractivity contribution is 0.876. The van der Waals surface area contributed by atoms with Gasteiger partial charge in [0.2, 0.25) is 0 Å². The van der Waals surface area contributed by atoms with E-state index in [1.54, 1.807) is 0 Å². The van der Waals surface area contributed by atoms with Gasteiger partial charge in [-0.25, -0.2) is 0 Å². The van der Waals surface area contributed by atoms with Crippen LogP contribution in [0.1, 0.15) is 36.5 Å². The Hall–Kier alpha value is -3.00. The van der Waals surface area contributed by atoms with E-state index in [1.807, 2.05) is 12.4 Å². The molecule has 0 amide bonds. The molecule has 1 aliphatic rings. The third-order valence-electron chi connectivity index (χ3n) is 5.66. The van der Waals surface area contributed by atoms with E-state index < -0.39 is 0 Å². The summed E-state index contributed by atoms with van der Waals surface area (Å²) < 4.78 is 0. The minimum atomic E-state index is 0.470. The first-order chi connectivity index (χ1) is 13.2. The zero-order chi connectivity index (χ0) is 18.4. The monoisotopic (exact) mass is 350 g/mol. The maximum atomic E-state index is 4.82. The largest absolute Gasteiger partial charge is 0.264 e. The summed E-state index contributed by atoms with van der Waals surface area (Å²) in [6, 6.07) is 17.6. The van der Waals surface area contributed by atoms with Crippen molar-refractivity contribution in [2.45, 2.75) is 32.6 Å². The molecule has 2 aromatic heterocycles. The summed E-state index contributed by atoms with van der Waals surface area (Å²) >= 11 is 0. The van der Waals surface area contributed by atoms with Crippen molar-refractivity contribution in [2.75, 3.05) is 0 Å². The van der Waals surface area contributed by atoms with E-state index in [4.69, 9.17) is 4.98 Å². The van der Waals surface area contributed by atoms with Gasteiger partial charge in [0.05, 0.1) is 5.69 Å². The first kappa shape index (κ1) is 16.2. The van der Waals surface area contributed by atoms with Crippen LogP contribution in [-0.2, 0) is 12.8 Å². The molecule has 0 unspecified atom stereocenters. The van der Waals surface area contributed by atoms with Crippen molar-refractivity contribution in [1.29, 1.82) is 0 Å². The molecule has 2 aromatic carbocycles. The van der Waals surface area contributed by atoms with Crippen LogP contribution in [-0.4, -0.2) is 9.97 Å². The maximum Gasteiger partial charge on any atom is 0.0708 e. The normalized spacial score (nSPS) is 12.9. The molecule has 0 spiro atoms. The summed E-state index contributed by atoms with van der Waals surface area (Å²) in [5.41, 5.74) is 8.86. The third-order valence-corrected chi connectivity index (χ3v) is 5.66. The molecule has 0 saturated carbocycles. The molecule has 2 heterocycles. The van der Waals surface area contributed by atoms with Crippen LogP contribution in [0.15, 0.2) is 67.1 Å². The number of aromatic nitrogens is 2. The van der Waals surface area contributed by atoms with Gasteiger partial charge in [-0.05, 0) is 76.1 Å². The Labute approximate surface area is 159 Å². The Bertz CT molecular complexity index is 1160. The van der Waals surface area contributed by atoms with Crippen LogP contribution in [0.3, 0.4) is 0 Å². The quantitative estimate of drug-likeness (QED) is 0.431. The van der Waals surface area contributed by atoms with Gasteiger partial charge in [0, 0.05) is 29.7 Å². The number of nitrogens with zero attached hydrogens (tertiary/aromatic N) is 2. The maximum absolute atomic E-state index is 4.82. The van der Waals surface area contributed by atoms with Crippen LogP contribution in [0, 0.1) is 0 Å². The van der Waals surface area contributed by atoms with E-state index in [9.17, 15) is 0 Å². The average Bonchev–Trinajstić information content (AvgIpc) is 2.72. The van der Waals surface area contributed by atoms with Crippen molar-refractivity contribution in [2.24, 2.45) is 0 Å². The molecule has 5 rings (SSSR count). The molecule has 1 aliphatic carbocycles. The van der Waals surface area contributed by atoms with Gasteiger partial charge >= 0.3 is 0 Å². The Balaban J connectivity index is 1.71. The summed E-state index contributed by atoms with van der Waals surface area (Å²) in [5.74, 6) is 0.470. The van der Waals surface area contributed by atoms with Crippen LogP contribution in [0.4, 0.5) is 0 Å². The Morgan fingerprint density at radius 3 is 2.59 bits per heavy atom. The summed E-state index contributed by atoms with van der Waals surface area (Å²) in [4.78, 5) is 9.18. The van der Waals surface area contributed by atoms with E-state index in [1.165, 1.54) is 44.2 Å². The highest BCUT2D eigenvalue weighted by Gasteiger charge is 2.18. The molecule has 0 N–H and O–H groups in total. The molecule has 0 aliphatic heterocycles. The molecule has 0 saturated heterocycles. The van der Waals surface area contributed by atoms with Crippen LogP contribution < -0.4 is 0 Å². The van der Waals surface area contributed by atoms with E-state index in [0.29, 0.717) is 5.92 Å². The molecule has 27 heavy (non-hydrogen) atoms. The number of hydrogen-bond acceptors (Lipinski definition) is 2. The molecular weight excluding hydrogens is 328 g/mol. The van der Waals surface area contributed by atoms with Crippen molar-refractivity contribution in [3.05, 3.63) is 83.8 Å². The molecule has 132 valence electrons. The van der Waals surface area contributed by atoms with Crippen LogP contribution in [0.2, 0.25) is 0 Å². The predicted molar refractivity (Wildman–Crippen MR) is 112 cm³/mol. The van der Waals surface area contributed by atoms with Gasteiger partial charge in [0.15, 0.2) is 0 Å². The van der Waals surface area contributed by atoms with Gasteiger partial charge in [-0.1, -0.05) is 38.1 Å². The zero-order valence-electron chi connectivity index (χ0n) is 15.7. The van der Waals surface area contributed by atoms with E-state index >= 15 is 0 Å². The number of hydrogen-bond donors (Lipinski definition) is 0. The lowest BCUT2D eigenvalue weighted by atomic mass is 9.86. The lowest BCUT2D eigenvalue weighted by Crippen LogP contribution is -2.05.